The molecule has 2 aromatic carbocycles. The highest BCUT2D eigenvalue weighted by Crippen LogP contribution is 2.29. The van der Waals surface area contributed by atoms with Crippen LogP contribution in [0.15, 0.2) is 48.5 Å². The van der Waals surface area contributed by atoms with Gasteiger partial charge in [-0.25, -0.2) is 4.98 Å². The van der Waals surface area contributed by atoms with E-state index in [1.165, 1.54) is 0 Å². The summed E-state index contributed by atoms with van der Waals surface area (Å²) < 4.78 is 7.32. The minimum absolute atomic E-state index is 0.565. The zero-order chi connectivity index (χ0) is 15.6. The van der Waals surface area contributed by atoms with Crippen molar-refractivity contribution in [2.75, 3.05) is 11.9 Å². The summed E-state index contributed by atoms with van der Waals surface area (Å²) in [5, 5.41) is 15.2. The second-order valence-corrected chi connectivity index (χ2v) is 4.92. The molecule has 7 heteroatoms. The van der Waals surface area contributed by atoms with E-state index in [0.717, 1.165) is 22.5 Å². The molecule has 1 N–H and O–H groups in total. The van der Waals surface area contributed by atoms with Gasteiger partial charge in [-0.1, -0.05) is 24.3 Å². The molecule has 0 spiro atoms. The minimum Gasteiger partial charge on any atom is -0.492 e. The Bertz CT molecular complexity index is 981. The molecule has 4 aromatic rings. The Labute approximate surface area is 131 Å². The number of aromatic nitrogens is 5. The average molecular weight is 306 g/mol. The summed E-state index contributed by atoms with van der Waals surface area (Å²) >= 11 is 0. The summed E-state index contributed by atoms with van der Waals surface area (Å²) in [5.74, 6) is 1.34. The lowest BCUT2D eigenvalue weighted by atomic mass is 10.3. The van der Waals surface area contributed by atoms with E-state index in [1.807, 2.05) is 55.5 Å². The molecule has 0 aliphatic heterocycles. The van der Waals surface area contributed by atoms with Gasteiger partial charge in [-0.05, 0) is 41.6 Å². The molecule has 0 fully saturated rings. The van der Waals surface area contributed by atoms with Crippen LogP contribution in [-0.4, -0.2) is 31.6 Å². The minimum atomic E-state index is 0.565. The van der Waals surface area contributed by atoms with Crippen molar-refractivity contribution in [2.45, 2.75) is 6.92 Å². The molecular weight excluding hydrogens is 292 g/mol. The molecule has 0 amide bonds. The first kappa shape index (κ1) is 13.4. The molecule has 0 saturated carbocycles. The van der Waals surface area contributed by atoms with Crippen molar-refractivity contribution in [3.63, 3.8) is 0 Å². The van der Waals surface area contributed by atoms with E-state index >= 15 is 0 Å². The van der Waals surface area contributed by atoms with E-state index in [4.69, 9.17) is 4.74 Å². The fourth-order valence-corrected chi connectivity index (χ4v) is 2.47. The second kappa shape index (κ2) is 5.53. The number of anilines is 2. The van der Waals surface area contributed by atoms with E-state index in [1.54, 1.807) is 4.52 Å². The molecule has 2 heterocycles. The maximum absolute atomic E-state index is 5.64. The molecular formula is C16H14N6O. The number of hydrogen-bond donors (Lipinski definition) is 1. The Kier molecular flexibility index (Phi) is 3.23. The van der Waals surface area contributed by atoms with Crippen LogP contribution in [0.5, 0.6) is 5.75 Å². The number of nitrogens with zero attached hydrogens (tertiary/aromatic N) is 5. The zero-order valence-electron chi connectivity index (χ0n) is 12.5. The van der Waals surface area contributed by atoms with Crippen LogP contribution in [0.4, 0.5) is 11.5 Å². The predicted octanol–water partition coefficient (Wildman–Crippen LogP) is 2.81. The molecule has 0 aliphatic carbocycles. The van der Waals surface area contributed by atoms with Crippen LogP contribution in [0.25, 0.3) is 16.7 Å². The van der Waals surface area contributed by atoms with Crippen LogP contribution in [0, 0.1) is 0 Å². The van der Waals surface area contributed by atoms with E-state index in [-0.39, 0.29) is 0 Å². The second-order valence-electron chi connectivity index (χ2n) is 4.92. The van der Waals surface area contributed by atoms with Gasteiger partial charge in [-0.15, -0.1) is 5.10 Å². The Balaban J connectivity index is 1.87. The van der Waals surface area contributed by atoms with Crippen molar-refractivity contribution < 1.29 is 4.74 Å². The number of rotatable bonds is 4. The molecule has 2 aromatic heterocycles. The van der Waals surface area contributed by atoms with Crippen LogP contribution in [0.1, 0.15) is 6.92 Å². The van der Waals surface area contributed by atoms with Gasteiger partial charge in [0.1, 0.15) is 5.75 Å². The van der Waals surface area contributed by atoms with E-state index in [2.05, 4.69) is 25.8 Å². The molecule has 0 unspecified atom stereocenters. The van der Waals surface area contributed by atoms with E-state index in [0.29, 0.717) is 18.1 Å². The Morgan fingerprint density at radius 3 is 2.83 bits per heavy atom. The van der Waals surface area contributed by atoms with Crippen molar-refractivity contribution in [3.05, 3.63) is 48.5 Å². The van der Waals surface area contributed by atoms with Crippen LogP contribution < -0.4 is 10.1 Å². The number of ether oxygens (including phenoxy) is 1. The van der Waals surface area contributed by atoms with Crippen molar-refractivity contribution in [1.29, 1.82) is 0 Å². The van der Waals surface area contributed by atoms with Gasteiger partial charge in [0.2, 0.25) is 5.65 Å². The highest BCUT2D eigenvalue weighted by atomic mass is 16.5. The highest BCUT2D eigenvalue weighted by Gasteiger charge is 2.13. The number of benzene rings is 2. The smallest absolute Gasteiger partial charge is 0.222 e. The summed E-state index contributed by atoms with van der Waals surface area (Å²) in [7, 11) is 0. The Morgan fingerprint density at radius 2 is 1.91 bits per heavy atom. The molecule has 0 aliphatic rings. The first-order chi connectivity index (χ1) is 11.4. The fraction of sp³-hybridized carbons (Fsp3) is 0.125. The van der Waals surface area contributed by atoms with Gasteiger partial charge < -0.3 is 10.1 Å². The summed E-state index contributed by atoms with van der Waals surface area (Å²) in [6.45, 7) is 2.54. The van der Waals surface area contributed by atoms with Crippen molar-refractivity contribution in [1.82, 2.24) is 25.0 Å². The van der Waals surface area contributed by atoms with Gasteiger partial charge in [-0.3, -0.25) is 0 Å². The predicted molar refractivity (Wildman–Crippen MR) is 87.0 cm³/mol. The largest absolute Gasteiger partial charge is 0.492 e. The number of para-hydroxylation sites is 4. The third kappa shape index (κ3) is 2.32. The lowest BCUT2D eigenvalue weighted by Gasteiger charge is -2.12. The fourth-order valence-electron chi connectivity index (χ4n) is 2.47. The Hall–Kier alpha value is -3.22. The number of fused-ring (bicyclic) bond motifs is 3. The molecule has 0 atom stereocenters. The van der Waals surface area contributed by atoms with Gasteiger partial charge in [0.25, 0.3) is 0 Å². The SMILES string of the molecule is CCOc1ccccc1Nc1nc2ccccc2n2nnnc12. The number of nitrogens with one attached hydrogen (secondary N) is 1. The van der Waals surface area contributed by atoms with Gasteiger partial charge in [0.15, 0.2) is 5.82 Å². The number of tetrazole rings is 1. The van der Waals surface area contributed by atoms with Gasteiger partial charge >= 0.3 is 0 Å². The lowest BCUT2D eigenvalue weighted by Crippen LogP contribution is -2.03. The van der Waals surface area contributed by atoms with Crippen molar-refractivity contribution in [2.24, 2.45) is 0 Å². The van der Waals surface area contributed by atoms with Crippen molar-refractivity contribution >= 4 is 28.2 Å². The molecule has 0 radical (unpaired) electrons. The van der Waals surface area contributed by atoms with E-state index in [9.17, 15) is 0 Å². The maximum Gasteiger partial charge on any atom is 0.222 e. The van der Waals surface area contributed by atoms with Crippen molar-refractivity contribution in [3.8, 4) is 5.75 Å². The van der Waals surface area contributed by atoms with Gasteiger partial charge in [0, 0.05) is 0 Å². The third-order valence-electron chi connectivity index (χ3n) is 3.46. The monoisotopic (exact) mass is 306 g/mol. The average Bonchev–Trinajstić information content (AvgIpc) is 3.07. The standard InChI is InChI=1S/C16H14N6O/c1-2-23-14-10-6-4-8-12(14)18-15-16-19-20-21-22(16)13-9-5-3-7-11(13)17-15/h3-10H,2H2,1H3,(H,17,18). The molecule has 0 saturated heterocycles. The van der Waals surface area contributed by atoms with E-state index < -0.39 is 0 Å². The molecule has 23 heavy (non-hydrogen) atoms. The quantitative estimate of drug-likeness (QED) is 0.624. The zero-order valence-corrected chi connectivity index (χ0v) is 12.5. The molecule has 4 rings (SSSR count). The molecule has 114 valence electrons. The normalized spacial score (nSPS) is 11.0. The third-order valence-corrected chi connectivity index (χ3v) is 3.46. The van der Waals surface area contributed by atoms with Crippen LogP contribution in [0.3, 0.4) is 0 Å². The topological polar surface area (TPSA) is 77.2 Å². The van der Waals surface area contributed by atoms with Crippen LogP contribution >= 0.6 is 0 Å². The van der Waals surface area contributed by atoms with Gasteiger partial charge in [-0.2, -0.15) is 4.52 Å². The first-order valence-electron chi connectivity index (χ1n) is 7.32. The summed E-state index contributed by atoms with van der Waals surface area (Å²) in [6.07, 6.45) is 0. The molecule has 0 bridgehead atoms. The lowest BCUT2D eigenvalue weighted by molar-refractivity contribution is 0.342. The highest BCUT2D eigenvalue weighted by molar-refractivity contribution is 5.84. The van der Waals surface area contributed by atoms with Gasteiger partial charge in [0.05, 0.1) is 23.3 Å². The summed E-state index contributed by atoms with van der Waals surface area (Å²) in [6, 6.07) is 15.4. The summed E-state index contributed by atoms with van der Waals surface area (Å²) in [4.78, 5) is 4.64. The Morgan fingerprint density at radius 1 is 1.09 bits per heavy atom. The molecule has 7 nitrogen and oxygen atoms in total. The summed E-state index contributed by atoms with van der Waals surface area (Å²) in [5.41, 5.74) is 3.05. The maximum atomic E-state index is 5.64. The van der Waals surface area contributed by atoms with Crippen LogP contribution in [-0.2, 0) is 0 Å². The number of hydrogen-bond acceptors (Lipinski definition) is 6. The van der Waals surface area contributed by atoms with Crippen LogP contribution in [0.2, 0.25) is 0 Å². The first-order valence-corrected chi connectivity index (χ1v) is 7.32.